The molecule has 0 amide bonds. The number of likely N-dealkylation sites (tertiary alicyclic amines) is 1. The Morgan fingerprint density at radius 1 is 1.14 bits per heavy atom. The molecule has 0 bridgehead atoms. The fourth-order valence-electron chi connectivity index (χ4n) is 2.78. The van der Waals surface area contributed by atoms with E-state index in [1.165, 1.54) is 11.3 Å². The number of hydrogen-bond donors (Lipinski definition) is 0. The molecule has 0 spiro atoms. The highest BCUT2D eigenvalue weighted by Gasteiger charge is 2.21. The van der Waals surface area contributed by atoms with Gasteiger partial charge in [-0.15, -0.1) is 0 Å². The van der Waals surface area contributed by atoms with E-state index in [-0.39, 0.29) is 0 Å². The van der Waals surface area contributed by atoms with Crippen molar-refractivity contribution in [1.82, 2.24) is 14.7 Å². The van der Waals surface area contributed by atoms with Crippen LogP contribution in [0.2, 0.25) is 0 Å². The average Bonchev–Trinajstić information content (AvgIpc) is 2.89. The fourth-order valence-corrected chi connectivity index (χ4v) is 2.78. The minimum Gasteiger partial charge on any atom is -0.490 e. The molecule has 1 fully saturated rings. The van der Waals surface area contributed by atoms with Crippen LogP contribution in [-0.4, -0.2) is 33.9 Å². The first-order valence-corrected chi connectivity index (χ1v) is 7.63. The second-order valence-corrected chi connectivity index (χ2v) is 5.85. The van der Waals surface area contributed by atoms with E-state index in [9.17, 15) is 0 Å². The third-order valence-corrected chi connectivity index (χ3v) is 4.17. The van der Waals surface area contributed by atoms with E-state index >= 15 is 0 Å². The van der Waals surface area contributed by atoms with Crippen molar-refractivity contribution in [2.45, 2.75) is 32.4 Å². The third-order valence-electron chi connectivity index (χ3n) is 4.17. The number of benzene rings is 1. The van der Waals surface area contributed by atoms with Crippen LogP contribution in [0.15, 0.2) is 36.5 Å². The summed E-state index contributed by atoms with van der Waals surface area (Å²) in [5, 5.41) is 4.23. The summed E-state index contributed by atoms with van der Waals surface area (Å²) in [5.74, 6) is 0.991. The molecule has 2 aromatic rings. The van der Waals surface area contributed by atoms with Gasteiger partial charge < -0.3 is 4.74 Å². The van der Waals surface area contributed by atoms with Crippen LogP contribution in [0.1, 0.15) is 24.1 Å². The zero-order chi connectivity index (χ0) is 14.7. The van der Waals surface area contributed by atoms with Gasteiger partial charge in [0.1, 0.15) is 11.9 Å². The molecule has 21 heavy (non-hydrogen) atoms. The van der Waals surface area contributed by atoms with Crippen LogP contribution >= 0.6 is 0 Å². The molecule has 1 aromatic carbocycles. The molecular weight excluding hydrogens is 262 g/mol. The predicted octanol–water partition coefficient (Wildman–Crippen LogP) is 2.77. The van der Waals surface area contributed by atoms with Crippen molar-refractivity contribution >= 4 is 0 Å². The summed E-state index contributed by atoms with van der Waals surface area (Å²) in [5.41, 5.74) is 2.54. The molecule has 4 nitrogen and oxygen atoms in total. The van der Waals surface area contributed by atoms with Crippen molar-refractivity contribution in [1.29, 1.82) is 0 Å². The summed E-state index contributed by atoms with van der Waals surface area (Å²) in [4.78, 5) is 2.48. The Hall–Kier alpha value is -1.81. The maximum absolute atomic E-state index is 6.07. The normalized spacial score (nSPS) is 17.0. The van der Waals surface area contributed by atoms with Gasteiger partial charge in [-0.1, -0.05) is 17.7 Å². The lowest BCUT2D eigenvalue weighted by atomic mass is 10.1. The Morgan fingerprint density at radius 3 is 2.48 bits per heavy atom. The van der Waals surface area contributed by atoms with Crippen molar-refractivity contribution in [2.24, 2.45) is 7.05 Å². The first-order valence-electron chi connectivity index (χ1n) is 7.63. The zero-order valence-corrected chi connectivity index (χ0v) is 12.8. The van der Waals surface area contributed by atoms with Crippen molar-refractivity contribution in [3.63, 3.8) is 0 Å². The molecule has 2 heterocycles. The maximum atomic E-state index is 6.07. The average molecular weight is 285 g/mol. The fraction of sp³-hybridized carbons (Fsp3) is 0.471. The van der Waals surface area contributed by atoms with E-state index in [4.69, 9.17) is 4.74 Å². The van der Waals surface area contributed by atoms with Gasteiger partial charge in [0.05, 0.1) is 5.69 Å². The largest absolute Gasteiger partial charge is 0.490 e. The molecule has 0 radical (unpaired) electrons. The molecule has 0 unspecified atom stereocenters. The third kappa shape index (κ3) is 3.64. The van der Waals surface area contributed by atoms with E-state index in [2.05, 4.69) is 47.3 Å². The molecule has 112 valence electrons. The highest BCUT2D eigenvalue weighted by atomic mass is 16.5. The van der Waals surface area contributed by atoms with Gasteiger partial charge in [-0.25, -0.2) is 0 Å². The number of rotatable bonds is 4. The summed E-state index contributed by atoms with van der Waals surface area (Å²) < 4.78 is 8.03. The summed E-state index contributed by atoms with van der Waals surface area (Å²) in [7, 11) is 2.00. The minimum absolute atomic E-state index is 0.343. The second-order valence-electron chi connectivity index (χ2n) is 5.85. The van der Waals surface area contributed by atoms with Gasteiger partial charge in [0.2, 0.25) is 0 Å². The van der Waals surface area contributed by atoms with Crippen molar-refractivity contribution < 1.29 is 4.74 Å². The lowest BCUT2D eigenvalue weighted by Gasteiger charge is -2.32. The van der Waals surface area contributed by atoms with Crippen molar-refractivity contribution in [3.8, 4) is 5.75 Å². The van der Waals surface area contributed by atoms with E-state index in [0.717, 1.165) is 38.2 Å². The maximum Gasteiger partial charge on any atom is 0.119 e. The standard InChI is InChI=1S/C17H23N3O/c1-14-3-5-16(6-4-14)21-17-8-11-20(12-9-17)13-15-7-10-18-19(15)2/h3-7,10,17H,8-9,11-13H2,1-2H3. The number of ether oxygens (including phenoxy) is 1. The van der Waals surface area contributed by atoms with Gasteiger partial charge in [0, 0.05) is 32.9 Å². The quantitative estimate of drug-likeness (QED) is 0.865. The molecule has 0 aliphatic carbocycles. The van der Waals surface area contributed by atoms with Crippen LogP contribution in [-0.2, 0) is 13.6 Å². The minimum atomic E-state index is 0.343. The Morgan fingerprint density at radius 2 is 1.86 bits per heavy atom. The Labute approximate surface area is 126 Å². The lowest BCUT2D eigenvalue weighted by molar-refractivity contribution is 0.0954. The molecule has 4 heteroatoms. The molecule has 1 aliphatic heterocycles. The van der Waals surface area contributed by atoms with Gasteiger partial charge in [0.25, 0.3) is 0 Å². The molecule has 0 atom stereocenters. The van der Waals surface area contributed by atoms with Crippen molar-refractivity contribution in [2.75, 3.05) is 13.1 Å². The SMILES string of the molecule is Cc1ccc(OC2CCN(Cc3ccnn3C)CC2)cc1. The lowest BCUT2D eigenvalue weighted by Crippen LogP contribution is -2.38. The Bertz CT molecular complexity index is 568. The summed E-state index contributed by atoms with van der Waals surface area (Å²) >= 11 is 0. The molecule has 1 aliphatic rings. The highest BCUT2D eigenvalue weighted by Crippen LogP contribution is 2.20. The Balaban J connectivity index is 1.49. The summed E-state index contributed by atoms with van der Waals surface area (Å²) in [6, 6.07) is 10.4. The van der Waals surface area contributed by atoms with Gasteiger partial charge >= 0.3 is 0 Å². The highest BCUT2D eigenvalue weighted by molar-refractivity contribution is 5.26. The topological polar surface area (TPSA) is 30.3 Å². The van der Waals surface area contributed by atoms with Crippen LogP contribution in [0.5, 0.6) is 5.75 Å². The molecular formula is C17H23N3O. The molecule has 0 N–H and O–H groups in total. The van der Waals surface area contributed by atoms with E-state index in [1.807, 2.05) is 17.9 Å². The van der Waals surface area contributed by atoms with E-state index in [1.54, 1.807) is 0 Å². The van der Waals surface area contributed by atoms with Crippen LogP contribution < -0.4 is 4.74 Å². The first kappa shape index (κ1) is 14.1. The Kier molecular flexibility index (Phi) is 4.25. The van der Waals surface area contributed by atoms with Crippen LogP contribution in [0, 0.1) is 6.92 Å². The molecule has 1 saturated heterocycles. The summed E-state index contributed by atoms with van der Waals surface area (Å²) in [6.07, 6.45) is 4.38. The number of hydrogen-bond acceptors (Lipinski definition) is 3. The summed E-state index contributed by atoms with van der Waals surface area (Å²) in [6.45, 7) is 5.25. The monoisotopic (exact) mass is 285 g/mol. The zero-order valence-electron chi connectivity index (χ0n) is 12.8. The van der Waals surface area contributed by atoms with Crippen LogP contribution in [0.25, 0.3) is 0 Å². The second kappa shape index (κ2) is 6.31. The van der Waals surface area contributed by atoms with Gasteiger partial charge in [0.15, 0.2) is 0 Å². The predicted molar refractivity (Wildman–Crippen MR) is 83.3 cm³/mol. The molecule has 3 rings (SSSR count). The number of aryl methyl sites for hydroxylation is 2. The number of piperidine rings is 1. The van der Waals surface area contributed by atoms with E-state index < -0.39 is 0 Å². The van der Waals surface area contributed by atoms with Crippen molar-refractivity contribution in [3.05, 3.63) is 47.8 Å². The van der Waals surface area contributed by atoms with E-state index in [0.29, 0.717) is 6.10 Å². The molecule has 0 saturated carbocycles. The van der Waals surface area contributed by atoms with Gasteiger partial charge in [-0.05, 0) is 38.0 Å². The molecule has 1 aromatic heterocycles. The van der Waals surface area contributed by atoms with Gasteiger partial charge in [-0.2, -0.15) is 5.10 Å². The number of aromatic nitrogens is 2. The van der Waals surface area contributed by atoms with Crippen LogP contribution in [0.4, 0.5) is 0 Å². The van der Waals surface area contributed by atoms with Gasteiger partial charge in [-0.3, -0.25) is 9.58 Å². The van der Waals surface area contributed by atoms with Crippen LogP contribution in [0.3, 0.4) is 0 Å². The first-order chi connectivity index (χ1) is 10.2. The number of nitrogens with zero attached hydrogens (tertiary/aromatic N) is 3. The smallest absolute Gasteiger partial charge is 0.119 e.